The van der Waals surface area contributed by atoms with E-state index in [-0.39, 0.29) is 16.5 Å². The molecule has 120 valence electrons. The molecule has 0 bridgehead atoms. The van der Waals surface area contributed by atoms with Crippen molar-refractivity contribution in [1.82, 2.24) is 10.1 Å². The summed E-state index contributed by atoms with van der Waals surface area (Å²) >= 11 is 0. The van der Waals surface area contributed by atoms with Crippen molar-refractivity contribution in [2.75, 3.05) is 22.7 Å². The number of hydrogen-bond donors (Lipinski definition) is 1. The predicted octanol–water partition coefficient (Wildman–Crippen LogP) is 2.33. The van der Waals surface area contributed by atoms with Crippen LogP contribution >= 0.6 is 0 Å². The van der Waals surface area contributed by atoms with Crippen LogP contribution in [0.1, 0.15) is 25.3 Å². The van der Waals surface area contributed by atoms with Crippen molar-refractivity contribution >= 4 is 21.5 Å². The van der Waals surface area contributed by atoms with Gasteiger partial charge in [-0.2, -0.15) is 0 Å². The molecule has 0 radical (unpaired) electrons. The standard InChI is InChI=1S/C14H20N4O3S/c1-5-18(6-2)12-7-8-13(15-9-12)17-22(19,20)14-10(3)16-21-11(14)4/h7-9H,5-6H2,1-4H3,(H,15,17). The van der Waals surface area contributed by atoms with Crippen LogP contribution in [-0.2, 0) is 10.0 Å². The first-order valence-corrected chi connectivity index (χ1v) is 8.54. The molecule has 2 aromatic heterocycles. The van der Waals surface area contributed by atoms with E-state index in [4.69, 9.17) is 4.52 Å². The molecule has 0 aromatic carbocycles. The fourth-order valence-electron chi connectivity index (χ4n) is 2.27. The molecule has 2 aromatic rings. The molecule has 8 heteroatoms. The Morgan fingerprint density at radius 2 is 1.91 bits per heavy atom. The molecule has 0 saturated heterocycles. The highest BCUT2D eigenvalue weighted by molar-refractivity contribution is 7.92. The zero-order valence-corrected chi connectivity index (χ0v) is 13.9. The molecule has 0 amide bonds. The number of rotatable bonds is 6. The Kier molecular flexibility index (Phi) is 4.70. The van der Waals surface area contributed by atoms with E-state index >= 15 is 0 Å². The van der Waals surface area contributed by atoms with Gasteiger partial charge in [-0.3, -0.25) is 4.72 Å². The minimum absolute atomic E-state index is 0.0575. The molecule has 0 aliphatic carbocycles. The van der Waals surface area contributed by atoms with Crippen LogP contribution in [0.5, 0.6) is 0 Å². The van der Waals surface area contributed by atoms with E-state index in [0.717, 1.165) is 18.8 Å². The number of sulfonamides is 1. The predicted molar refractivity (Wildman–Crippen MR) is 84.6 cm³/mol. The molecule has 0 saturated carbocycles. The molecule has 22 heavy (non-hydrogen) atoms. The van der Waals surface area contributed by atoms with Gasteiger partial charge in [-0.1, -0.05) is 5.16 Å². The minimum Gasteiger partial charge on any atom is -0.371 e. The van der Waals surface area contributed by atoms with Crippen molar-refractivity contribution in [2.24, 2.45) is 0 Å². The molecule has 0 atom stereocenters. The Balaban J connectivity index is 2.24. The Morgan fingerprint density at radius 3 is 2.36 bits per heavy atom. The van der Waals surface area contributed by atoms with Crippen molar-refractivity contribution in [2.45, 2.75) is 32.6 Å². The maximum absolute atomic E-state index is 12.4. The summed E-state index contributed by atoms with van der Waals surface area (Å²) in [6.45, 7) is 8.98. The smallest absolute Gasteiger partial charge is 0.268 e. The zero-order valence-electron chi connectivity index (χ0n) is 13.1. The van der Waals surface area contributed by atoms with Gasteiger partial charge in [0.2, 0.25) is 0 Å². The third-order valence-electron chi connectivity index (χ3n) is 3.35. The van der Waals surface area contributed by atoms with Crippen LogP contribution in [0.2, 0.25) is 0 Å². The summed E-state index contributed by atoms with van der Waals surface area (Å²) in [6.07, 6.45) is 1.65. The summed E-state index contributed by atoms with van der Waals surface area (Å²) in [6, 6.07) is 3.48. The van der Waals surface area contributed by atoms with Crippen LogP contribution in [0.4, 0.5) is 11.5 Å². The number of nitrogens with zero attached hydrogens (tertiary/aromatic N) is 3. The first-order valence-electron chi connectivity index (χ1n) is 7.05. The average Bonchev–Trinajstić information content (AvgIpc) is 2.81. The molecular weight excluding hydrogens is 304 g/mol. The van der Waals surface area contributed by atoms with Crippen LogP contribution in [0.3, 0.4) is 0 Å². The number of hydrogen-bond acceptors (Lipinski definition) is 6. The van der Waals surface area contributed by atoms with E-state index in [0.29, 0.717) is 5.69 Å². The highest BCUT2D eigenvalue weighted by Crippen LogP contribution is 2.22. The third-order valence-corrected chi connectivity index (χ3v) is 4.95. The fraction of sp³-hybridized carbons (Fsp3) is 0.429. The van der Waals surface area contributed by atoms with Gasteiger partial charge in [0, 0.05) is 13.1 Å². The van der Waals surface area contributed by atoms with Gasteiger partial charge in [-0.15, -0.1) is 0 Å². The SMILES string of the molecule is CCN(CC)c1ccc(NS(=O)(=O)c2c(C)noc2C)nc1. The molecule has 7 nitrogen and oxygen atoms in total. The lowest BCUT2D eigenvalue weighted by Gasteiger charge is -2.20. The highest BCUT2D eigenvalue weighted by atomic mass is 32.2. The number of aryl methyl sites for hydroxylation is 2. The summed E-state index contributed by atoms with van der Waals surface area (Å²) in [4.78, 5) is 6.35. The first kappa shape index (κ1) is 16.3. The molecule has 2 rings (SSSR count). The average molecular weight is 324 g/mol. The van der Waals surface area contributed by atoms with Gasteiger partial charge in [0.15, 0.2) is 10.7 Å². The van der Waals surface area contributed by atoms with Crippen molar-refractivity contribution in [3.63, 3.8) is 0 Å². The largest absolute Gasteiger partial charge is 0.371 e. The fourth-order valence-corrected chi connectivity index (χ4v) is 3.61. The number of anilines is 2. The summed E-state index contributed by atoms with van der Waals surface area (Å²) < 4.78 is 32.1. The van der Waals surface area contributed by atoms with Gasteiger partial charge < -0.3 is 9.42 Å². The van der Waals surface area contributed by atoms with Crippen molar-refractivity contribution in [3.8, 4) is 0 Å². The second-order valence-electron chi connectivity index (χ2n) is 4.83. The molecule has 1 N–H and O–H groups in total. The van der Waals surface area contributed by atoms with Gasteiger partial charge in [0.1, 0.15) is 11.5 Å². The Bertz CT molecular complexity index is 714. The van der Waals surface area contributed by atoms with Crippen LogP contribution in [0.15, 0.2) is 27.7 Å². The van der Waals surface area contributed by atoms with E-state index in [2.05, 4.69) is 33.6 Å². The maximum Gasteiger partial charge on any atom is 0.268 e. The van der Waals surface area contributed by atoms with Crippen LogP contribution in [-0.4, -0.2) is 31.6 Å². The summed E-state index contributed by atoms with van der Waals surface area (Å²) in [5, 5.41) is 3.66. The molecule has 0 unspecified atom stereocenters. The molecule has 0 aliphatic rings. The van der Waals surface area contributed by atoms with Gasteiger partial charge in [-0.25, -0.2) is 13.4 Å². The molecular formula is C14H20N4O3S. The maximum atomic E-state index is 12.4. The topological polar surface area (TPSA) is 88.3 Å². The monoisotopic (exact) mass is 324 g/mol. The van der Waals surface area contributed by atoms with E-state index in [9.17, 15) is 8.42 Å². The Hall–Kier alpha value is -2.09. The van der Waals surface area contributed by atoms with Crippen LogP contribution in [0.25, 0.3) is 0 Å². The lowest BCUT2D eigenvalue weighted by molar-refractivity contribution is 0.390. The molecule has 0 spiro atoms. The third kappa shape index (κ3) is 3.22. The van der Waals surface area contributed by atoms with Crippen molar-refractivity contribution in [1.29, 1.82) is 0 Å². The van der Waals surface area contributed by atoms with E-state index in [1.54, 1.807) is 26.1 Å². The molecule has 0 fully saturated rings. The second-order valence-corrected chi connectivity index (χ2v) is 6.45. The summed E-state index contributed by atoms with van der Waals surface area (Å²) in [7, 11) is -3.76. The van der Waals surface area contributed by atoms with Gasteiger partial charge in [0.05, 0.1) is 11.9 Å². The highest BCUT2D eigenvalue weighted by Gasteiger charge is 2.24. The Morgan fingerprint density at radius 1 is 1.23 bits per heavy atom. The Labute approximate surface area is 130 Å². The number of aromatic nitrogens is 2. The number of pyridine rings is 1. The summed E-state index contributed by atoms with van der Waals surface area (Å²) in [5.74, 6) is 0.515. The first-order chi connectivity index (χ1) is 10.4. The van der Waals surface area contributed by atoms with E-state index < -0.39 is 10.0 Å². The normalized spacial score (nSPS) is 11.5. The van der Waals surface area contributed by atoms with Gasteiger partial charge in [0.25, 0.3) is 10.0 Å². The van der Waals surface area contributed by atoms with E-state index in [1.807, 2.05) is 6.07 Å². The molecule has 2 heterocycles. The van der Waals surface area contributed by atoms with Crippen LogP contribution < -0.4 is 9.62 Å². The second kappa shape index (κ2) is 6.35. The van der Waals surface area contributed by atoms with Crippen molar-refractivity contribution < 1.29 is 12.9 Å². The summed E-state index contributed by atoms with van der Waals surface area (Å²) in [5.41, 5.74) is 1.27. The van der Waals surface area contributed by atoms with Crippen LogP contribution in [0, 0.1) is 13.8 Å². The van der Waals surface area contributed by atoms with Crippen molar-refractivity contribution in [3.05, 3.63) is 29.8 Å². The molecule has 0 aliphatic heterocycles. The lowest BCUT2D eigenvalue weighted by atomic mass is 10.3. The quantitative estimate of drug-likeness (QED) is 0.877. The van der Waals surface area contributed by atoms with Gasteiger partial charge >= 0.3 is 0 Å². The minimum atomic E-state index is -3.76. The number of nitrogens with one attached hydrogen (secondary N) is 1. The van der Waals surface area contributed by atoms with Gasteiger partial charge in [-0.05, 0) is 39.8 Å². The lowest BCUT2D eigenvalue weighted by Crippen LogP contribution is -2.22. The van der Waals surface area contributed by atoms with E-state index in [1.165, 1.54) is 0 Å². The zero-order chi connectivity index (χ0) is 16.3.